The first-order valence-corrected chi connectivity index (χ1v) is 9.69. The number of anilines is 1. The van der Waals surface area contributed by atoms with Gasteiger partial charge >= 0.3 is 0 Å². The number of benzene rings is 2. The molecule has 0 unspecified atom stereocenters. The number of ether oxygens (including phenoxy) is 1. The Morgan fingerprint density at radius 1 is 1.28 bits per heavy atom. The van der Waals surface area contributed by atoms with Gasteiger partial charge in [-0.3, -0.25) is 14.5 Å². The quantitative estimate of drug-likeness (QED) is 0.491. The lowest BCUT2D eigenvalue weighted by molar-refractivity contribution is -0.126. The van der Waals surface area contributed by atoms with E-state index in [1.54, 1.807) is 37.5 Å². The van der Waals surface area contributed by atoms with E-state index in [0.717, 1.165) is 17.3 Å². The number of nitrogens with zero attached hydrogens (tertiary/aromatic N) is 3. The third-order valence-corrected chi connectivity index (χ3v) is 5.54. The number of thiocarbonyl (C=S) groups is 1. The van der Waals surface area contributed by atoms with Crippen LogP contribution in [-0.4, -0.2) is 45.0 Å². The number of rotatable bonds is 5. The lowest BCUT2D eigenvalue weighted by Gasteiger charge is -2.14. The summed E-state index contributed by atoms with van der Waals surface area (Å²) in [6.07, 6.45) is 1.71. The van der Waals surface area contributed by atoms with Gasteiger partial charge in [-0.05, 0) is 34.6 Å². The number of hydrogen-bond donors (Lipinski definition) is 1. The molecule has 4 rings (SSSR count). The Kier molecular flexibility index (Phi) is 5.28. The summed E-state index contributed by atoms with van der Waals surface area (Å²) in [7, 11) is 1.56. The molecule has 0 saturated carbocycles. The van der Waals surface area contributed by atoms with Gasteiger partial charge in [-0.1, -0.05) is 48.2 Å². The minimum atomic E-state index is -0.407. The van der Waals surface area contributed by atoms with Gasteiger partial charge in [0.2, 0.25) is 5.91 Å². The number of carbonyl (C=O) groups is 2. The Morgan fingerprint density at radius 2 is 2.10 bits per heavy atom. The molecular formula is C19H14N4O4S2. The predicted molar refractivity (Wildman–Crippen MR) is 113 cm³/mol. The highest BCUT2D eigenvalue weighted by atomic mass is 32.2. The van der Waals surface area contributed by atoms with Crippen LogP contribution in [-0.2, 0) is 9.59 Å². The van der Waals surface area contributed by atoms with Crippen molar-refractivity contribution in [3.63, 3.8) is 0 Å². The van der Waals surface area contributed by atoms with Gasteiger partial charge in [0.1, 0.15) is 22.1 Å². The molecule has 29 heavy (non-hydrogen) atoms. The van der Waals surface area contributed by atoms with E-state index in [2.05, 4.69) is 20.3 Å². The van der Waals surface area contributed by atoms with Crippen LogP contribution in [0.3, 0.4) is 0 Å². The van der Waals surface area contributed by atoms with Gasteiger partial charge in [0.15, 0.2) is 5.52 Å². The lowest BCUT2D eigenvalue weighted by atomic mass is 10.2. The highest BCUT2D eigenvalue weighted by Crippen LogP contribution is 2.34. The zero-order chi connectivity index (χ0) is 20.4. The van der Waals surface area contributed by atoms with Crippen molar-refractivity contribution in [2.24, 2.45) is 0 Å². The van der Waals surface area contributed by atoms with Crippen molar-refractivity contribution in [3.8, 4) is 5.75 Å². The summed E-state index contributed by atoms with van der Waals surface area (Å²) < 4.78 is 10.3. The number of fused-ring (bicyclic) bond motifs is 1. The Bertz CT molecular complexity index is 1160. The van der Waals surface area contributed by atoms with E-state index in [1.165, 1.54) is 4.90 Å². The number of aromatic nitrogens is 2. The van der Waals surface area contributed by atoms with Crippen LogP contribution < -0.4 is 10.1 Å². The van der Waals surface area contributed by atoms with E-state index in [-0.39, 0.29) is 12.5 Å². The van der Waals surface area contributed by atoms with Crippen molar-refractivity contribution in [2.45, 2.75) is 0 Å². The zero-order valence-electron chi connectivity index (χ0n) is 15.1. The number of hydrogen-bond acceptors (Lipinski definition) is 8. The molecule has 2 heterocycles. The number of carbonyl (C=O) groups excluding carboxylic acids is 2. The molecule has 1 aromatic heterocycles. The zero-order valence-corrected chi connectivity index (χ0v) is 16.8. The fourth-order valence-electron chi connectivity index (χ4n) is 2.80. The van der Waals surface area contributed by atoms with Crippen LogP contribution in [0.2, 0.25) is 0 Å². The second-order valence-electron chi connectivity index (χ2n) is 6.00. The first-order chi connectivity index (χ1) is 14.1. The first-order valence-electron chi connectivity index (χ1n) is 8.46. The van der Waals surface area contributed by atoms with Gasteiger partial charge in [-0.2, -0.15) is 0 Å². The van der Waals surface area contributed by atoms with Gasteiger partial charge < -0.3 is 10.1 Å². The molecule has 1 N–H and O–H groups in total. The molecule has 146 valence electrons. The van der Waals surface area contributed by atoms with Crippen LogP contribution in [0.1, 0.15) is 5.56 Å². The lowest BCUT2D eigenvalue weighted by Crippen LogP contribution is -2.36. The van der Waals surface area contributed by atoms with Gasteiger partial charge in [0.25, 0.3) is 5.91 Å². The monoisotopic (exact) mass is 426 g/mol. The standard InChI is InChI=1S/C19H14N4O4S2/c1-26-14-8-3-2-5-11(14)9-15-18(25)23(19(28)29-15)10-16(24)20-12-6-4-7-13-17(12)22-27-21-13/h2-9H,10H2,1H3,(H,20,24). The van der Waals surface area contributed by atoms with Gasteiger partial charge in [-0.25, -0.2) is 4.63 Å². The van der Waals surface area contributed by atoms with Gasteiger partial charge in [-0.15, -0.1) is 0 Å². The second-order valence-corrected chi connectivity index (χ2v) is 7.67. The highest BCUT2D eigenvalue weighted by Gasteiger charge is 2.33. The second kappa shape index (κ2) is 8.02. The van der Waals surface area contributed by atoms with E-state index < -0.39 is 5.91 Å². The van der Waals surface area contributed by atoms with E-state index in [4.69, 9.17) is 17.0 Å². The molecule has 0 bridgehead atoms. The molecule has 0 aliphatic carbocycles. The maximum absolute atomic E-state index is 12.8. The maximum Gasteiger partial charge on any atom is 0.266 e. The highest BCUT2D eigenvalue weighted by molar-refractivity contribution is 8.26. The Morgan fingerprint density at radius 3 is 2.93 bits per heavy atom. The Balaban J connectivity index is 1.50. The molecule has 10 heteroatoms. The third-order valence-electron chi connectivity index (χ3n) is 4.16. The number of nitrogens with one attached hydrogen (secondary N) is 1. The summed E-state index contributed by atoms with van der Waals surface area (Å²) >= 11 is 6.44. The summed E-state index contributed by atoms with van der Waals surface area (Å²) in [5.41, 5.74) is 2.16. The minimum absolute atomic E-state index is 0.213. The number of para-hydroxylation sites is 1. The molecule has 8 nitrogen and oxygen atoms in total. The van der Waals surface area contributed by atoms with Crippen LogP contribution >= 0.6 is 24.0 Å². The van der Waals surface area contributed by atoms with Gasteiger partial charge in [0.05, 0.1) is 17.7 Å². The molecule has 1 fully saturated rings. The predicted octanol–water partition coefficient (Wildman–Crippen LogP) is 3.07. The fraction of sp³-hybridized carbons (Fsp3) is 0.105. The number of methoxy groups -OCH3 is 1. The molecule has 1 saturated heterocycles. The Hall–Kier alpha value is -3.24. The molecule has 1 aliphatic heterocycles. The van der Waals surface area contributed by atoms with Crippen LogP contribution in [0.25, 0.3) is 17.1 Å². The molecule has 0 atom stereocenters. The van der Waals surface area contributed by atoms with Crippen molar-refractivity contribution in [1.82, 2.24) is 15.2 Å². The molecule has 0 spiro atoms. The summed E-state index contributed by atoms with van der Waals surface area (Å²) in [6.45, 7) is -0.213. The van der Waals surface area contributed by atoms with Crippen molar-refractivity contribution in [1.29, 1.82) is 0 Å². The molecule has 2 aromatic carbocycles. The number of thioether (sulfide) groups is 1. The molecule has 1 aliphatic rings. The minimum Gasteiger partial charge on any atom is -0.496 e. The average molecular weight is 426 g/mol. The van der Waals surface area contributed by atoms with Crippen molar-refractivity contribution in [2.75, 3.05) is 19.0 Å². The SMILES string of the molecule is COc1ccccc1C=C1SC(=S)N(CC(=O)Nc2cccc3nonc23)C1=O. The molecular weight excluding hydrogens is 412 g/mol. The van der Waals surface area contributed by atoms with Crippen molar-refractivity contribution in [3.05, 3.63) is 52.9 Å². The first kappa shape index (κ1) is 19.1. The molecule has 0 radical (unpaired) electrons. The van der Waals surface area contributed by atoms with Crippen LogP contribution in [0.5, 0.6) is 5.75 Å². The summed E-state index contributed by atoms with van der Waals surface area (Å²) in [6, 6.07) is 12.4. The fourth-order valence-corrected chi connectivity index (χ4v) is 4.05. The largest absolute Gasteiger partial charge is 0.496 e. The van der Waals surface area contributed by atoms with Crippen LogP contribution in [0.4, 0.5) is 5.69 Å². The Labute approximate surface area is 174 Å². The average Bonchev–Trinajstić information content (AvgIpc) is 3.30. The van der Waals surface area contributed by atoms with E-state index in [1.807, 2.05) is 18.2 Å². The van der Waals surface area contributed by atoms with E-state index >= 15 is 0 Å². The van der Waals surface area contributed by atoms with Gasteiger partial charge in [0, 0.05) is 5.56 Å². The molecule has 3 aromatic rings. The topological polar surface area (TPSA) is 97.6 Å². The molecule has 2 amide bonds. The summed E-state index contributed by atoms with van der Waals surface area (Å²) in [4.78, 5) is 27.0. The third kappa shape index (κ3) is 3.84. The summed E-state index contributed by atoms with van der Waals surface area (Å²) in [5.74, 6) is -0.0949. The summed E-state index contributed by atoms with van der Waals surface area (Å²) in [5, 5.41) is 10.2. The maximum atomic E-state index is 12.8. The van der Waals surface area contributed by atoms with Crippen LogP contribution in [0, 0.1) is 0 Å². The van der Waals surface area contributed by atoms with Crippen molar-refractivity contribution < 1.29 is 19.0 Å². The van der Waals surface area contributed by atoms with E-state index in [0.29, 0.717) is 31.7 Å². The van der Waals surface area contributed by atoms with Crippen LogP contribution in [0.15, 0.2) is 52.0 Å². The number of amides is 2. The van der Waals surface area contributed by atoms with E-state index in [9.17, 15) is 9.59 Å². The smallest absolute Gasteiger partial charge is 0.266 e. The normalized spacial score (nSPS) is 15.3. The van der Waals surface area contributed by atoms with Crippen molar-refractivity contribution >= 4 is 62.9 Å².